The molecule has 24 heavy (non-hydrogen) atoms. The zero-order valence-corrected chi connectivity index (χ0v) is 12.1. The van der Waals surface area contributed by atoms with Crippen LogP contribution in [-0.4, -0.2) is 18.6 Å². The summed E-state index contributed by atoms with van der Waals surface area (Å²) in [5.74, 6) is -8.59. The summed E-state index contributed by atoms with van der Waals surface area (Å²) in [4.78, 5) is 0. The first-order chi connectivity index (χ1) is 11.2. The summed E-state index contributed by atoms with van der Waals surface area (Å²) in [6, 6.07) is 2.03. The highest BCUT2D eigenvalue weighted by molar-refractivity contribution is 7.96. The summed E-state index contributed by atoms with van der Waals surface area (Å²) in [6.07, 6.45) is 1.10. The predicted octanol–water partition coefficient (Wildman–Crippen LogP) is 2.71. The highest BCUT2D eigenvalue weighted by Gasteiger charge is 2.29. The molecule has 0 radical (unpaired) electrons. The minimum Gasteiger partial charge on any atom is -0.262 e. The minimum absolute atomic E-state index is 0.0302. The number of halogens is 5. The SMILES string of the molecule is N#Cc1c(F)cc(/C(F)=C(/F)S(=O)(=O)Nc2ccn[nH]2)c(F)c1F. The lowest BCUT2D eigenvalue weighted by molar-refractivity contribution is 0.484. The number of hydrogen-bond donors (Lipinski definition) is 2. The first-order valence-corrected chi connectivity index (χ1v) is 7.32. The van der Waals surface area contributed by atoms with Crippen LogP contribution in [0.4, 0.5) is 27.8 Å². The molecule has 2 N–H and O–H groups in total. The van der Waals surface area contributed by atoms with Crippen LogP contribution in [0.2, 0.25) is 0 Å². The molecule has 0 bridgehead atoms. The number of aromatic nitrogens is 2. The van der Waals surface area contributed by atoms with Crippen LogP contribution in [-0.2, 0) is 10.0 Å². The Morgan fingerprint density at radius 2 is 1.92 bits per heavy atom. The third kappa shape index (κ3) is 3.06. The molecule has 0 saturated carbocycles. The van der Waals surface area contributed by atoms with Crippen LogP contribution < -0.4 is 4.72 Å². The van der Waals surface area contributed by atoms with Crippen LogP contribution in [0.1, 0.15) is 11.1 Å². The summed E-state index contributed by atoms with van der Waals surface area (Å²) < 4.78 is 93.0. The number of aromatic amines is 1. The third-order valence-corrected chi connectivity index (χ3v) is 3.80. The van der Waals surface area contributed by atoms with Crippen molar-refractivity contribution in [3.8, 4) is 6.07 Å². The molecule has 6 nitrogen and oxygen atoms in total. The lowest BCUT2D eigenvalue weighted by Crippen LogP contribution is -2.14. The van der Waals surface area contributed by atoms with E-state index in [1.807, 2.05) is 0 Å². The van der Waals surface area contributed by atoms with E-state index in [0.717, 1.165) is 18.3 Å². The van der Waals surface area contributed by atoms with Gasteiger partial charge in [0.1, 0.15) is 23.3 Å². The fraction of sp³-hybridized carbons (Fsp3) is 0. The van der Waals surface area contributed by atoms with Crippen molar-refractivity contribution in [1.29, 1.82) is 5.26 Å². The van der Waals surface area contributed by atoms with Gasteiger partial charge in [-0.15, -0.1) is 0 Å². The summed E-state index contributed by atoms with van der Waals surface area (Å²) in [6.45, 7) is 0. The standard InChI is InChI=1S/C12H5F5N4O2S/c13-7-3-5(9(14)10(15)6(7)4-18)11(16)12(17)24(22,23)21-8-1-2-19-20-8/h1-3H,(H2,19,20,21)/b12-11+. The van der Waals surface area contributed by atoms with E-state index in [1.54, 1.807) is 0 Å². The monoisotopic (exact) mass is 364 g/mol. The highest BCUT2D eigenvalue weighted by atomic mass is 32.2. The van der Waals surface area contributed by atoms with Crippen molar-refractivity contribution < 1.29 is 30.4 Å². The van der Waals surface area contributed by atoms with Gasteiger partial charge in [0, 0.05) is 6.07 Å². The molecule has 0 amide bonds. The van der Waals surface area contributed by atoms with Crippen molar-refractivity contribution in [2.75, 3.05) is 4.72 Å². The number of nitrogens with zero attached hydrogens (tertiary/aromatic N) is 2. The molecule has 0 fully saturated rings. The Bertz CT molecular complexity index is 964. The second kappa shape index (κ2) is 6.28. The molecule has 0 saturated heterocycles. The molecular weight excluding hydrogens is 359 g/mol. The molecule has 126 valence electrons. The van der Waals surface area contributed by atoms with Gasteiger partial charge in [-0.2, -0.15) is 23.2 Å². The molecule has 1 heterocycles. The number of sulfonamides is 1. The van der Waals surface area contributed by atoms with E-state index >= 15 is 0 Å². The highest BCUT2D eigenvalue weighted by Crippen LogP contribution is 2.31. The van der Waals surface area contributed by atoms with Crippen molar-refractivity contribution in [1.82, 2.24) is 10.2 Å². The summed E-state index contributed by atoms with van der Waals surface area (Å²) >= 11 is 0. The zero-order chi connectivity index (χ0) is 18.1. The molecule has 2 aromatic rings. The van der Waals surface area contributed by atoms with E-state index in [-0.39, 0.29) is 11.9 Å². The molecule has 0 atom stereocenters. The normalized spacial score (nSPS) is 12.5. The van der Waals surface area contributed by atoms with Gasteiger partial charge in [-0.25, -0.2) is 17.6 Å². The average Bonchev–Trinajstić information content (AvgIpc) is 3.02. The molecule has 0 unspecified atom stereocenters. The van der Waals surface area contributed by atoms with Gasteiger partial charge in [0.25, 0.3) is 15.2 Å². The number of nitriles is 1. The largest absolute Gasteiger partial charge is 0.293 e. The number of rotatable bonds is 4. The maximum Gasteiger partial charge on any atom is 0.293 e. The Kier molecular flexibility index (Phi) is 4.56. The first-order valence-electron chi connectivity index (χ1n) is 5.84. The molecule has 0 spiro atoms. The fourth-order valence-corrected chi connectivity index (χ4v) is 2.42. The van der Waals surface area contributed by atoms with Crippen molar-refractivity contribution in [3.05, 3.63) is 52.1 Å². The van der Waals surface area contributed by atoms with Crippen LogP contribution in [0, 0.1) is 28.8 Å². The summed E-state index contributed by atoms with van der Waals surface area (Å²) in [5.41, 5.74) is -2.99. The number of hydrogen-bond acceptors (Lipinski definition) is 4. The second-order valence-electron chi connectivity index (χ2n) is 4.18. The number of anilines is 1. The quantitative estimate of drug-likeness (QED) is 0.644. The van der Waals surface area contributed by atoms with Gasteiger partial charge in [0.2, 0.25) is 0 Å². The van der Waals surface area contributed by atoms with Gasteiger partial charge in [-0.1, -0.05) is 0 Å². The smallest absolute Gasteiger partial charge is 0.262 e. The third-order valence-electron chi connectivity index (χ3n) is 2.66. The molecule has 0 aliphatic carbocycles. The van der Waals surface area contributed by atoms with E-state index in [0.29, 0.717) is 0 Å². The lowest BCUT2D eigenvalue weighted by atomic mass is 10.1. The van der Waals surface area contributed by atoms with Crippen LogP contribution in [0.15, 0.2) is 23.5 Å². The number of benzene rings is 1. The van der Waals surface area contributed by atoms with Crippen molar-refractivity contribution in [3.63, 3.8) is 0 Å². The summed E-state index contributed by atoms with van der Waals surface area (Å²) in [5, 5.41) is 11.4. The van der Waals surface area contributed by atoms with E-state index in [1.165, 1.54) is 4.72 Å². The minimum atomic E-state index is -5.15. The van der Waals surface area contributed by atoms with Crippen LogP contribution >= 0.6 is 0 Å². The average molecular weight is 364 g/mol. The Morgan fingerprint density at radius 1 is 1.25 bits per heavy atom. The van der Waals surface area contributed by atoms with Crippen LogP contribution in [0.5, 0.6) is 0 Å². The maximum absolute atomic E-state index is 13.9. The zero-order valence-electron chi connectivity index (χ0n) is 11.2. The molecule has 0 aliphatic heterocycles. The van der Waals surface area contributed by atoms with Crippen molar-refractivity contribution in [2.45, 2.75) is 0 Å². The number of nitrogens with one attached hydrogen (secondary N) is 2. The van der Waals surface area contributed by atoms with Gasteiger partial charge in [0.05, 0.1) is 11.8 Å². The van der Waals surface area contributed by atoms with Gasteiger partial charge in [-0.05, 0) is 6.07 Å². The Morgan fingerprint density at radius 3 is 2.46 bits per heavy atom. The van der Waals surface area contributed by atoms with E-state index < -0.39 is 49.6 Å². The Labute approximate surface area is 131 Å². The van der Waals surface area contributed by atoms with Gasteiger partial charge < -0.3 is 0 Å². The second-order valence-corrected chi connectivity index (χ2v) is 5.75. The molecule has 2 rings (SSSR count). The van der Waals surface area contributed by atoms with Gasteiger partial charge >= 0.3 is 0 Å². The Balaban J connectivity index is 2.56. The maximum atomic E-state index is 13.9. The van der Waals surface area contributed by atoms with Crippen molar-refractivity contribution >= 4 is 21.7 Å². The molecule has 1 aromatic carbocycles. The van der Waals surface area contributed by atoms with E-state index in [2.05, 4.69) is 10.2 Å². The predicted molar refractivity (Wildman–Crippen MR) is 71.3 cm³/mol. The first kappa shape index (κ1) is 17.4. The molecule has 12 heteroatoms. The number of H-pyrrole nitrogens is 1. The van der Waals surface area contributed by atoms with Crippen LogP contribution in [0.3, 0.4) is 0 Å². The molecule has 0 aliphatic rings. The van der Waals surface area contributed by atoms with Gasteiger partial charge in [0.15, 0.2) is 17.5 Å². The topological polar surface area (TPSA) is 98.6 Å². The lowest BCUT2D eigenvalue weighted by Gasteiger charge is -2.07. The fourth-order valence-electron chi connectivity index (χ4n) is 1.58. The van der Waals surface area contributed by atoms with E-state index in [9.17, 15) is 30.4 Å². The Hall–Kier alpha value is -2.94. The van der Waals surface area contributed by atoms with E-state index in [4.69, 9.17) is 5.26 Å². The van der Waals surface area contributed by atoms with Crippen molar-refractivity contribution in [2.24, 2.45) is 0 Å². The summed E-state index contributed by atoms with van der Waals surface area (Å²) in [7, 11) is -5.15. The van der Waals surface area contributed by atoms with Gasteiger partial charge in [-0.3, -0.25) is 9.82 Å². The molecular formula is C12H5F5N4O2S. The molecule has 1 aromatic heterocycles. The van der Waals surface area contributed by atoms with Crippen LogP contribution in [0.25, 0.3) is 5.83 Å².